The summed E-state index contributed by atoms with van der Waals surface area (Å²) in [4.78, 5) is 26.4. The van der Waals surface area contributed by atoms with Crippen LogP contribution in [0.25, 0.3) is 0 Å². The Morgan fingerprint density at radius 3 is 2.44 bits per heavy atom. The summed E-state index contributed by atoms with van der Waals surface area (Å²) >= 11 is 6.27. The molecule has 7 nitrogen and oxygen atoms in total. The van der Waals surface area contributed by atoms with Crippen LogP contribution in [0.1, 0.15) is 28.8 Å². The monoisotopic (exact) mass is 495 g/mol. The number of benzene rings is 3. The van der Waals surface area contributed by atoms with E-state index in [1.54, 1.807) is 41.3 Å². The molecule has 0 bridgehead atoms. The molecule has 1 N–H and O–H groups in total. The summed E-state index contributed by atoms with van der Waals surface area (Å²) in [5.41, 5.74) is 3.08. The van der Waals surface area contributed by atoms with Gasteiger partial charge in [-0.25, -0.2) is 8.42 Å². The van der Waals surface area contributed by atoms with E-state index in [9.17, 15) is 18.0 Å². The minimum Gasteiger partial charge on any atom is -0.322 e. The first-order valence-corrected chi connectivity index (χ1v) is 12.8. The molecular weight excluding hydrogens is 474 g/mol. The Balaban J connectivity index is 1.37. The van der Waals surface area contributed by atoms with Crippen molar-refractivity contribution in [3.05, 3.63) is 82.9 Å². The van der Waals surface area contributed by atoms with E-state index >= 15 is 0 Å². The maximum absolute atomic E-state index is 13.4. The molecule has 9 heteroatoms. The summed E-state index contributed by atoms with van der Waals surface area (Å²) in [6.07, 6.45) is 2.00. The lowest BCUT2D eigenvalue weighted by molar-refractivity contribution is -0.117. The molecular formula is C25H22ClN3O4S. The Morgan fingerprint density at radius 1 is 0.941 bits per heavy atom. The van der Waals surface area contributed by atoms with Gasteiger partial charge in [0.2, 0.25) is 5.91 Å². The van der Waals surface area contributed by atoms with Crippen molar-refractivity contribution in [1.82, 2.24) is 0 Å². The van der Waals surface area contributed by atoms with E-state index in [4.69, 9.17) is 11.6 Å². The molecule has 2 aliphatic heterocycles. The van der Waals surface area contributed by atoms with Gasteiger partial charge in [-0.2, -0.15) is 0 Å². The van der Waals surface area contributed by atoms with E-state index in [1.165, 1.54) is 22.5 Å². The summed E-state index contributed by atoms with van der Waals surface area (Å²) in [5, 5.41) is 2.83. The van der Waals surface area contributed by atoms with Crippen molar-refractivity contribution in [3.63, 3.8) is 0 Å². The quantitative estimate of drug-likeness (QED) is 0.565. The minimum absolute atomic E-state index is 0.0561. The summed E-state index contributed by atoms with van der Waals surface area (Å²) in [7, 11) is -3.95. The van der Waals surface area contributed by atoms with E-state index in [-0.39, 0.29) is 21.4 Å². The van der Waals surface area contributed by atoms with E-state index in [0.29, 0.717) is 37.3 Å². The van der Waals surface area contributed by atoms with Crippen molar-refractivity contribution in [1.29, 1.82) is 0 Å². The van der Waals surface area contributed by atoms with E-state index in [0.717, 1.165) is 17.7 Å². The van der Waals surface area contributed by atoms with Crippen LogP contribution in [0.2, 0.25) is 5.02 Å². The van der Waals surface area contributed by atoms with Crippen LogP contribution < -0.4 is 14.5 Å². The number of rotatable bonds is 5. The van der Waals surface area contributed by atoms with Crippen molar-refractivity contribution >= 4 is 50.5 Å². The van der Waals surface area contributed by atoms with Crippen LogP contribution in [0.3, 0.4) is 0 Å². The number of hydrogen-bond donors (Lipinski definition) is 1. The van der Waals surface area contributed by atoms with Gasteiger partial charge >= 0.3 is 0 Å². The zero-order valence-electron chi connectivity index (χ0n) is 18.2. The molecule has 174 valence electrons. The molecule has 5 rings (SSSR count). The zero-order chi connectivity index (χ0) is 23.9. The number of amides is 2. The normalized spacial score (nSPS) is 15.5. The van der Waals surface area contributed by atoms with Crippen LogP contribution in [0.4, 0.5) is 17.1 Å². The molecule has 0 spiro atoms. The molecule has 2 amide bonds. The van der Waals surface area contributed by atoms with Crippen LogP contribution in [-0.4, -0.2) is 33.3 Å². The number of hydrogen-bond acceptors (Lipinski definition) is 4. The predicted molar refractivity (Wildman–Crippen MR) is 132 cm³/mol. The second kappa shape index (κ2) is 8.77. The fraction of sp³-hybridized carbons (Fsp3) is 0.200. The molecule has 0 radical (unpaired) electrons. The lowest BCUT2D eigenvalue weighted by Gasteiger charge is -2.20. The minimum atomic E-state index is -3.95. The molecule has 0 aromatic heterocycles. The average molecular weight is 496 g/mol. The maximum Gasteiger partial charge on any atom is 0.265 e. The van der Waals surface area contributed by atoms with Gasteiger partial charge in [-0.3, -0.25) is 13.9 Å². The molecule has 34 heavy (non-hydrogen) atoms. The highest BCUT2D eigenvalue weighted by Crippen LogP contribution is 2.35. The van der Waals surface area contributed by atoms with Gasteiger partial charge in [-0.1, -0.05) is 29.8 Å². The maximum atomic E-state index is 13.4. The zero-order valence-corrected chi connectivity index (χ0v) is 19.8. The van der Waals surface area contributed by atoms with Gasteiger partial charge in [-0.15, -0.1) is 0 Å². The SMILES string of the molecule is O=C(Nc1ccc(N2CCCC2=O)cc1)c1ccc(Cl)c(S(=O)(=O)N2CCc3ccccc32)c1. The third-order valence-corrected chi connectivity index (χ3v) is 8.41. The van der Waals surface area contributed by atoms with E-state index in [2.05, 4.69) is 5.32 Å². The van der Waals surface area contributed by atoms with Crippen molar-refractivity contribution < 1.29 is 18.0 Å². The van der Waals surface area contributed by atoms with Gasteiger partial charge in [0, 0.05) is 36.4 Å². The van der Waals surface area contributed by atoms with Gasteiger partial charge in [0.15, 0.2) is 0 Å². The van der Waals surface area contributed by atoms with E-state index in [1.807, 2.05) is 12.1 Å². The summed E-state index contributed by atoms with van der Waals surface area (Å²) in [5.74, 6) is -0.368. The number of nitrogens with one attached hydrogen (secondary N) is 1. The van der Waals surface area contributed by atoms with Crippen LogP contribution in [0.5, 0.6) is 0 Å². The first-order chi connectivity index (χ1) is 16.3. The first-order valence-electron chi connectivity index (χ1n) is 11.0. The number of carbonyl (C=O) groups excluding carboxylic acids is 2. The van der Waals surface area contributed by atoms with Gasteiger partial charge in [0.05, 0.1) is 10.7 Å². The lowest BCUT2D eigenvalue weighted by atomic mass is 10.2. The topological polar surface area (TPSA) is 86.8 Å². The van der Waals surface area contributed by atoms with Gasteiger partial charge < -0.3 is 10.2 Å². The third-order valence-electron chi connectivity index (χ3n) is 6.12. The fourth-order valence-electron chi connectivity index (χ4n) is 4.37. The lowest BCUT2D eigenvalue weighted by Crippen LogP contribution is -2.29. The third kappa shape index (κ3) is 4.03. The number of halogens is 1. The molecule has 0 unspecified atom stereocenters. The Morgan fingerprint density at radius 2 is 1.71 bits per heavy atom. The van der Waals surface area contributed by atoms with Crippen LogP contribution in [-0.2, 0) is 21.2 Å². The molecule has 1 saturated heterocycles. The molecule has 0 atom stereocenters. The number of fused-ring (bicyclic) bond motifs is 1. The molecule has 2 heterocycles. The largest absolute Gasteiger partial charge is 0.322 e. The molecule has 2 aliphatic rings. The summed E-state index contributed by atoms with van der Waals surface area (Å²) in [6.45, 7) is 1.01. The highest BCUT2D eigenvalue weighted by molar-refractivity contribution is 7.93. The Bertz CT molecular complexity index is 1390. The van der Waals surface area contributed by atoms with Crippen LogP contribution in [0, 0.1) is 0 Å². The molecule has 3 aromatic rings. The van der Waals surface area contributed by atoms with Crippen molar-refractivity contribution in [2.24, 2.45) is 0 Å². The predicted octanol–water partition coefficient (Wildman–Crippen LogP) is 4.47. The molecule has 0 saturated carbocycles. The number of carbonyl (C=O) groups is 2. The Kier molecular flexibility index (Phi) is 5.79. The highest BCUT2D eigenvalue weighted by Gasteiger charge is 2.32. The van der Waals surface area contributed by atoms with Gasteiger partial charge in [-0.05, 0) is 66.9 Å². The highest BCUT2D eigenvalue weighted by atomic mass is 35.5. The summed E-state index contributed by atoms with van der Waals surface area (Å²) < 4.78 is 28.2. The number of nitrogens with zero attached hydrogens (tertiary/aromatic N) is 2. The van der Waals surface area contributed by atoms with Gasteiger partial charge in [0.25, 0.3) is 15.9 Å². The fourth-order valence-corrected chi connectivity index (χ4v) is 6.37. The molecule has 3 aromatic carbocycles. The van der Waals surface area contributed by atoms with Crippen molar-refractivity contribution in [2.45, 2.75) is 24.2 Å². The Labute approximate surface area is 203 Å². The van der Waals surface area contributed by atoms with Crippen LogP contribution in [0.15, 0.2) is 71.6 Å². The second-order valence-corrected chi connectivity index (χ2v) is 10.5. The van der Waals surface area contributed by atoms with E-state index < -0.39 is 15.9 Å². The van der Waals surface area contributed by atoms with Gasteiger partial charge in [0.1, 0.15) is 4.90 Å². The molecule has 0 aliphatic carbocycles. The number of anilines is 3. The number of para-hydroxylation sites is 1. The molecule has 1 fully saturated rings. The average Bonchev–Trinajstić information content (AvgIpc) is 3.46. The van der Waals surface area contributed by atoms with Crippen LogP contribution >= 0.6 is 11.6 Å². The van der Waals surface area contributed by atoms with Crippen molar-refractivity contribution in [3.8, 4) is 0 Å². The number of sulfonamides is 1. The Hall–Kier alpha value is -3.36. The first kappa shape index (κ1) is 22.4. The second-order valence-electron chi connectivity index (χ2n) is 8.25. The van der Waals surface area contributed by atoms with Crippen molar-refractivity contribution in [2.75, 3.05) is 27.6 Å². The summed E-state index contributed by atoms with van der Waals surface area (Å²) in [6, 6.07) is 18.6. The smallest absolute Gasteiger partial charge is 0.265 e. The standard InChI is InChI=1S/C25H22ClN3O4S/c26-21-12-7-18(16-23(21)34(32,33)29-15-13-17-4-1-2-5-22(17)29)25(31)27-19-8-10-20(11-9-19)28-14-3-6-24(28)30/h1-2,4-5,7-12,16H,3,6,13-15H2,(H,27,31).